The zero-order valence-electron chi connectivity index (χ0n) is 16.9. The largest absolute Gasteiger partial charge is 0.336 e. The Morgan fingerprint density at radius 1 is 1.09 bits per heavy atom. The van der Waals surface area contributed by atoms with Crippen molar-refractivity contribution in [3.63, 3.8) is 0 Å². The van der Waals surface area contributed by atoms with Crippen LogP contribution in [0.1, 0.15) is 21.1 Å². The van der Waals surface area contributed by atoms with Crippen LogP contribution >= 0.6 is 11.3 Å². The van der Waals surface area contributed by atoms with Gasteiger partial charge in [0.15, 0.2) is 5.13 Å². The summed E-state index contributed by atoms with van der Waals surface area (Å²) in [6, 6.07) is 12.2. The number of anilines is 1. The van der Waals surface area contributed by atoms with Crippen molar-refractivity contribution in [1.29, 1.82) is 0 Å². The molecule has 0 spiro atoms. The van der Waals surface area contributed by atoms with Crippen molar-refractivity contribution in [2.24, 2.45) is 0 Å². The van der Waals surface area contributed by atoms with E-state index in [1.807, 2.05) is 6.07 Å². The minimum Gasteiger partial charge on any atom is -0.336 e. The summed E-state index contributed by atoms with van der Waals surface area (Å²) in [5.41, 5.74) is 1.56. The molecule has 32 heavy (non-hydrogen) atoms. The number of thiazole rings is 1. The first-order valence-corrected chi connectivity index (χ1v) is 10.8. The van der Waals surface area contributed by atoms with E-state index in [4.69, 9.17) is 0 Å². The van der Waals surface area contributed by atoms with Crippen LogP contribution in [0.25, 0.3) is 10.9 Å². The van der Waals surface area contributed by atoms with Crippen LogP contribution in [0.2, 0.25) is 0 Å². The van der Waals surface area contributed by atoms with Gasteiger partial charge in [0.25, 0.3) is 11.5 Å². The zero-order valence-corrected chi connectivity index (χ0v) is 17.7. The first-order chi connectivity index (χ1) is 15.6. The molecule has 0 aliphatic carbocycles. The lowest BCUT2D eigenvalue weighted by Gasteiger charge is -2.26. The quantitative estimate of drug-likeness (QED) is 0.514. The van der Waals surface area contributed by atoms with Crippen molar-refractivity contribution < 1.29 is 9.59 Å². The van der Waals surface area contributed by atoms with Gasteiger partial charge in [0.1, 0.15) is 12.2 Å². The number of nitrogens with zero attached hydrogens (tertiary/aromatic N) is 5. The number of pyridine rings is 1. The molecule has 1 aliphatic rings. The molecule has 3 aromatic heterocycles. The Hall–Kier alpha value is -3.92. The fraction of sp³-hybridized carbons (Fsp3) is 0.182. The second-order valence-corrected chi connectivity index (χ2v) is 8.40. The number of nitrogens with one attached hydrogen (secondary N) is 1. The Bertz CT molecular complexity index is 1380. The third-order valence-corrected chi connectivity index (χ3v) is 6.24. The molecule has 0 saturated heterocycles. The number of carbonyl (C=O) groups excluding carboxylic acids is 2. The summed E-state index contributed by atoms with van der Waals surface area (Å²) in [4.78, 5) is 53.3. The Kier molecular flexibility index (Phi) is 5.20. The van der Waals surface area contributed by atoms with Crippen LogP contribution in [0.4, 0.5) is 5.13 Å². The van der Waals surface area contributed by atoms with E-state index in [-0.39, 0.29) is 23.9 Å². The molecule has 160 valence electrons. The highest BCUT2D eigenvalue weighted by Crippen LogP contribution is 2.28. The molecule has 0 fully saturated rings. The molecule has 0 bridgehead atoms. The standard InChI is InChI=1S/C22H18N6O3S/c29-19(12-28-13-24-15-6-2-1-5-14(15)21(28)31)27-10-8-16-18(11-27)32-22(25-16)26-20(30)17-7-3-4-9-23-17/h1-7,9,13H,8,10-12H2,(H,25,26,30). The van der Waals surface area contributed by atoms with Gasteiger partial charge in [-0.3, -0.25) is 29.3 Å². The zero-order chi connectivity index (χ0) is 22.1. The van der Waals surface area contributed by atoms with Crippen LogP contribution in [0.3, 0.4) is 0 Å². The molecule has 0 unspecified atom stereocenters. The molecule has 0 atom stereocenters. The van der Waals surface area contributed by atoms with Crippen LogP contribution in [0, 0.1) is 0 Å². The fourth-order valence-electron chi connectivity index (χ4n) is 3.58. The highest BCUT2D eigenvalue weighted by atomic mass is 32.1. The summed E-state index contributed by atoms with van der Waals surface area (Å²) in [5, 5.41) is 3.74. The maximum absolute atomic E-state index is 12.9. The maximum atomic E-state index is 12.9. The molecule has 9 nitrogen and oxygen atoms in total. The Morgan fingerprint density at radius 2 is 1.94 bits per heavy atom. The minimum absolute atomic E-state index is 0.0753. The third-order valence-electron chi connectivity index (χ3n) is 5.24. The van der Waals surface area contributed by atoms with E-state index < -0.39 is 0 Å². The molecule has 2 amide bonds. The van der Waals surface area contributed by atoms with Crippen LogP contribution in [0.15, 0.2) is 59.8 Å². The van der Waals surface area contributed by atoms with Gasteiger partial charge in [0, 0.05) is 24.0 Å². The summed E-state index contributed by atoms with van der Waals surface area (Å²) in [6.45, 7) is 0.814. The summed E-state index contributed by atoms with van der Waals surface area (Å²) in [5.74, 6) is -0.491. The topological polar surface area (TPSA) is 110 Å². The first kappa shape index (κ1) is 20.0. The number of carbonyl (C=O) groups is 2. The number of benzene rings is 1. The molecule has 0 radical (unpaired) electrons. The maximum Gasteiger partial charge on any atom is 0.276 e. The van der Waals surface area contributed by atoms with Crippen LogP contribution < -0.4 is 10.9 Å². The Balaban J connectivity index is 1.28. The molecular weight excluding hydrogens is 428 g/mol. The number of rotatable bonds is 4. The highest BCUT2D eigenvalue weighted by Gasteiger charge is 2.25. The fourth-order valence-corrected chi connectivity index (χ4v) is 4.60. The first-order valence-electron chi connectivity index (χ1n) is 10.0. The van der Waals surface area contributed by atoms with E-state index in [2.05, 4.69) is 20.3 Å². The summed E-state index contributed by atoms with van der Waals surface area (Å²) < 4.78 is 1.34. The molecule has 1 aromatic carbocycles. The summed E-state index contributed by atoms with van der Waals surface area (Å²) in [7, 11) is 0. The van der Waals surface area contributed by atoms with Gasteiger partial charge < -0.3 is 4.90 Å². The second-order valence-electron chi connectivity index (χ2n) is 7.32. The third kappa shape index (κ3) is 3.87. The van der Waals surface area contributed by atoms with Gasteiger partial charge in [-0.2, -0.15) is 0 Å². The lowest BCUT2D eigenvalue weighted by Crippen LogP contribution is -2.39. The van der Waals surface area contributed by atoms with Gasteiger partial charge in [0.05, 0.1) is 29.5 Å². The lowest BCUT2D eigenvalue weighted by molar-refractivity contribution is -0.132. The van der Waals surface area contributed by atoms with Crippen molar-refractivity contribution in [1.82, 2.24) is 24.4 Å². The number of para-hydroxylation sites is 1. The van der Waals surface area contributed by atoms with E-state index in [1.165, 1.54) is 22.2 Å². The van der Waals surface area contributed by atoms with Gasteiger partial charge in [-0.1, -0.05) is 29.5 Å². The molecule has 10 heteroatoms. The normalized spacial score (nSPS) is 13.1. The predicted octanol–water partition coefficient (Wildman–Crippen LogP) is 2.09. The van der Waals surface area contributed by atoms with Crippen molar-refractivity contribution in [2.75, 3.05) is 11.9 Å². The number of hydrogen-bond acceptors (Lipinski definition) is 7. The summed E-state index contributed by atoms with van der Waals surface area (Å²) in [6.07, 6.45) is 3.56. The van der Waals surface area contributed by atoms with Crippen LogP contribution in [-0.2, 0) is 24.3 Å². The molecular formula is C22H18N6O3S. The van der Waals surface area contributed by atoms with Crippen LogP contribution in [-0.4, -0.2) is 42.8 Å². The highest BCUT2D eigenvalue weighted by molar-refractivity contribution is 7.15. The van der Waals surface area contributed by atoms with E-state index in [1.54, 1.807) is 47.5 Å². The number of amides is 2. The van der Waals surface area contributed by atoms with E-state index >= 15 is 0 Å². The van der Waals surface area contributed by atoms with Gasteiger partial charge in [-0.05, 0) is 24.3 Å². The van der Waals surface area contributed by atoms with Crippen molar-refractivity contribution >= 4 is 39.2 Å². The Labute approximate surface area is 186 Å². The number of aromatic nitrogens is 4. The molecule has 1 N–H and O–H groups in total. The van der Waals surface area contributed by atoms with Crippen LogP contribution in [0.5, 0.6) is 0 Å². The summed E-state index contributed by atoms with van der Waals surface area (Å²) >= 11 is 1.35. The SMILES string of the molecule is O=C(Nc1nc2c(s1)CN(C(=O)Cn1cnc3ccccc3c1=O)CC2)c1ccccn1. The molecule has 5 rings (SSSR count). The average molecular weight is 446 g/mol. The van der Waals surface area contributed by atoms with E-state index in [0.29, 0.717) is 41.2 Å². The van der Waals surface area contributed by atoms with Gasteiger partial charge in [0.2, 0.25) is 5.91 Å². The predicted molar refractivity (Wildman–Crippen MR) is 119 cm³/mol. The van der Waals surface area contributed by atoms with E-state index in [9.17, 15) is 14.4 Å². The molecule has 4 heterocycles. The van der Waals surface area contributed by atoms with Crippen molar-refractivity contribution in [3.8, 4) is 0 Å². The Morgan fingerprint density at radius 3 is 2.78 bits per heavy atom. The van der Waals surface area contributed by atoms with E-state index in [0.717, 1.165) is 10.6 Å². The van der Waals surface area contributed by atoms with Gasteiger partial charge >= 0.3 is 0 Å². The molecule has 0 saturated carbocycles. The average Bonchev–Trinajstić information content (AvgIpc) is 3.23. The molecule has 1 aliphatic heterocycles. The van der Waals surface area contributed by atoms with Crippen molar-refractivity contribution in [3.05, 3.63) is 81.6 Å². The monoisotopic (exact) mass is 446 g/mol. The lowest BCUT2D eigenvalue weighted by atomic mass is 10.2. The number of fused-ring (bicyclic) bond motifs is 2. The minimum atomic E-state index is -0.326. The van der Waals surface area contributed by atoms with Gasteiger partial charge in [-0.25, -0.2) is 9.97 Å². The molecule has 4 aromatic rings. The smallest absolute Gasteiger partial charge is 0.276 e. The number of hydrogen-bond donors (Lipinski definition) is 1. The second kappa shape index (κ2) is 8.31. The van der Waals surface area contributed by atoms with Crippen molar-refractivity contribution in [2.45, 2.75) is 19.5 Å². The van der Waals surface area contributed by atoms with Gasteiger partial charge in [-0.15, -0.1) is 0 Å².